The van der Waals surface area contributed by atoms with Crippen LogP contribution in [0.15, 0.2) is 67.0 Å². The lowest BCUT2D eigenvalue weighted by molar-refractivity contribution is 0.184. The lowest BCUT2D eigenvalue weighted by Crippen LogP contribution is -1.93. The summed E-state index contributed by atoms with van der Waals surface area (Å²) in [6.45, 7) is 0.477. The molecule has 0 aliphatic heterocycles. The van der Waals surface area contributed by atoms with E-state index in [4.69, 9.17) is 4.74 Å². The van der Waals surface area contributed by atoms with Crippen molar-refractivity contribution in [3.63, 3.8) is 0 Å². The zero-order valence-electron chi connectivity index (χ0n) is 15.6. The Hall–Kier alpha value is -3.62. The van der Waals surface area contributed by atoms with Crippen molar-refractivity contribution in [2.45, 2.75) is 6.61 Å². The van der Waals surface area contributed by atoms with Crippen LogP contribution in [-0.4, -0.2) is 17.1 Å². The summed E-state index contributed by atoms with van der Waals surface area (Å²) in [5, 5.41) is 0.858. The van der Waals surface area contributed by atoms with E-state index in [9.17, 15) is 8.78 Å². The van der Waals surface area contributed by atoms with Gasteiger partial charge in [-0.05, 0) is 47.9 Å². The van der Waals surface area contributed by atoms with Gasteiger partial charge in [-0.25, -0.2) is 18.7 Å². The van der Waals surface area contributed by atoms with E-state index >= 15 is 0 Å². The summed E-state index contributed by atoms with van der Waals surface area (Å²) in [6.07, 6.45) is 3.49. The Labute approximate surface area is 167 Å². The first kappa shape index (κ1) is 18.7. The second-order valence-corrected chi connectivity index (χ2v) is 6.47. The molecule has 4 rings (SSSR count). The molecule has 0 fully saturated rings. The normalized spacial score (nSPS) is 10.6. The lowest BCUT2D eigenvalue weighted by atomic mass is 10.1. The number of aromatic nitrogens is 2. The first-order chi connectivity index (χ1) is 14.1. The molecule has 0 saturated heterocycles. The molecule has 1 heterocycles. The molecule has 0 atom stereocenters. The average Bonchev–Trinajstić information content (AvgIpc) is 2.76. The minimum absolute atomic E-state index is 0.247. The third-order valence-electron chi connectivity index (χ3n) is 4.42. The van der Waals surface area contributed by atoms with Crippen LogP contribution < -0.4 is 0 Å². The van der Waals surface area contributed by atoms with E-state index in [-0.39, 0.29) is 5.39 Å². The standard InChI is InChI=1S/C24H16F2N2O/c1-29-15-18-13-27-24(28-14-18)19-7-4-16(5-8-19)2-3-17-6-10-21-20(12-17)9-11-22(25)23(21)26/h4-14H,15H2,1H3. The molecule has 0 radical (unpaired) electrons. The van der Waals surface area contributed by atoms with Crippen LogP contribution in [0.4, 0.5) is 8.78 Å². The Balaban J connectivity index is 1.54. The highest BCUT2D eigenvalue weighted by Gasteiger charge is 2.06. The first-order valence-electron chi connectivity index (χ1n) is 8.94. The second-order valence-electron chi connectivity index (χ2n) is 6.47. The fraction of sp³-hybridized carbons (Fsp3) is 0.0833. The molecular weight excluding hydrogens is 370 g/mol. The molecule has 0 bridgehead atoms. The van der Waals surface area contributed by atoms with E-state index < -0.39 is 11.6 Å². The van der Waals surface area contributed by atoms with Gasteiger partial charge in [0.25, 0.3) is 0 Å². The molecule has 0 aliphatic rings. The highest BCUT2D eigenvalue weighted by Crippen LogP contribution is 2.21. The highest BCUT2D eigenvalue weighted by atomic mass is 19.2. The predicted octanol–water partition coefficient (Wildman–Crippen LogP) is 5.12. The number of hydrogen-bond donors (Lipinski definition) is 0. The number of methoxy groups -OCH3 is 1. The molecule has 4 aromatic rings. The molecule has 0 spiro atoms. The maximum Gasteiger partial charge on any atom is 0.166 e. The minimum Gasteiger partial charge on any atom is -0.380 e. The number of hydrogen-bond acceptors (Lipinski definition) is 3. The van der Waals surface area contributed by atoms with Gasteiger partial charge in [-0.1, -0.05) is 24.0 Å². The Morgan fingerprint density at radius 3 is 2.28 bits per heavy atom. The van der Waals surface area contributed by atoms with Gasteiger partial charge in [-0.3, -0.25) is 0 Å². The summed E-state index contributed by atoms with van der Waals surface area (Å²) < 4.78 is 32.2. The van der Waals surface area contributed by atoms with Gasteiger partial charge in [0, 0.05) is 47.1 Å². The van der Waals surface area contributed by atoms with Crippen LogP contribution in [0.2, 0.25) is 0 Å². The number of nitrogens with zero attached hydrogens (tertiary/aromatic N) is 2. The molecule has 0 aliphatic carbocycles. The van der Waals surface area contributed by atoms with E-state index in [1.165, 1.54) is 0 Å². The monoisotopic (exact) mass is 386 g/mol. The van der Waals surface area contributed by atoms with E-state index in [0.717, 1.165) is 28.3 Å². The van der Waals surface area contributed by atoms with Crippen molar-refractivity contribution in [1.82, 2.24) is 9.97 Å². The summed E-state index contributed by atoms with van der Waals surface area (Å²) >= 11 is 0. The van der Waals surface area contributed by atoms with Crippen LogP contribution in [0.1, 0.15) is 16.7 Å². The van der Waals surface area contributed by atoms with Crippen molar-refractivity contribution in [3.05, 3.63) is 95.3 Å². The maximum atomic E-state index is 13.8. The quantitative estimate of drug-likeness (QED) is 0.459. The second kappa shape index (κ2) is 8.17. The van der Waals surface area contributed by atoms with Gasteiger partial charge < -0.3 is 4.74 Å². The SMILES string of the molecule is COCc1cnc(-c2ccc(C#Cc3ccc4c(F)c(F)ccc4c3)cc2)nc1. The number of fused-ring (bicyclic) bond motifs is 1. The van der Waals surface area contributed by atoms with E-state index in [2.05, 4.69) is 21.8 Å². The summed E-state index contributed by atoms with van der Waals surface area (Å²) in [7, 11) is 1.63. The third kappa shape index (κ3) is 4.13. The van der Waals surface area contributed by atoms with Crippen molar-refractivity contribution >= 4 is 10.8 Å². The fourth-order valence-corrected chi connectivity index (χ4v) is 2.94. The first-order valence-corrected chi connectivity index (χ1v) is 8.94. The molecule has 0 unspecified atom stereocenters. The van der Waals surface area contributed by atoms with Gasteiger partial charge in [0.05, 0.1) is 6.61 Å². The Kier molecular flexibility index (Phi) is 5.28. The molecule has 0 N–H and O–H groups in total. The summed E-state index contributed by atoms with van der Waals surface area (Å²) in [4.78, 5) is 8.70. The van der Waals surface area contributed by atoms with Gasteiger partial charge in [-0.15, -0.1) is 0 Å². The number of benzene rings is 3. The van der Waals surface area contributed by atoms with E-state index in [1.54, 1.807) is 43.8 Å². The van der Waals surface area contributed by atoms with Crippen molar-refractivity contribution in [3.8, 4) is 23.2 Å². The van der Waals surface area contributed by atoms with Crippen molar-refractivity contribution in [1.29, 1.82) is 0 Å². The third-order valence-corrected chi connectivity index (χ3v) is 4.42. The van der Waals surface area contributed by atoms with E-state index in [1.807, 2.05) is 24.3 Å². The lowest BCUT2D eigenvalue weighted by Gasteiger charge is -2.02. The van der Waals surface area contributed by atoms with Gasteiger partial charge in [-0.2, -0.15) is 0 Å². The smallest absolute Gasteiger partial charge is 0.166 e. The minimum atomic E-state index is -0.853. The topological polar surface area (TPSA) is 35.0 Å². The molecule has 1 aromatic heterocycles. The van der Waals surface area contributed by atoms with Crippen molar-refractivity contribution < 1.29 is 13.5 Å². The predicted molar refractivity (Wildman–Crippen MR) is 108 cm³/mol. The van der Waals surface area contributed by atoms with Crippen LogP contribution in [0.3, 0.4) is 0 Å². The molecule has 5 heteroatoms. The molecule has 3 nitrogen and oxygen atoms in total. The zero-order valence-corrected chi connectivity index (χ0v) is 15.6. The van der Waals surface area contributed by atoms with Crippen molar-refractivity contribution in [2.24, 2.45) is 0 Å². The Bertz CT molecular complexity index is 1220. The average molecular weight is 386 g/mol. The Morgan fingerprint density at radius 1 is 0.862 bits per heavy atom. The van der Waals surface area contributed by atoms with Crippen LogP contribution in [0.25, 0.3) is 22.2 Å². The Morgan fingerprint density at radius 2 is 1.55 bits per heavy atom. The zero-order chi connectivity index (χ0) is 20.2. The van der Waals surface area contributed by atoms with Crippen LogP contribution >= 0.6 is 0 Å². The van der Waals surface area contributed by atoms with E-state index in [0.29, 0.717) is 17.8 Å². The van der Waals surface area contributed by atoms with Crippen LogP contribution in [0.5, 0.6) is 0 Å². The molecule has 142 valence electrons. The number of rotatable bonds is 3. The molecule has 29 heavy (non-hydrogen) atoms. The van der Waals surface area contributed by atoms with Crippen LogP contribution in [0, 0.1) is 23.5 Å². The largest absolute Gasteiger partial charge is 0.380 e. The number of halogens is 2. The molecular formula is C24H16F2N2O. The highest BCUT2D eigenvalue weighted by molar-refractivity contribution is 5.84. The van der Waals surface area contributed by atoms with Gasteiger partial charge in [0.15, 0.2) is 17.5 Å². The van der Waals surface area contributed by atoms with Crippen LogP contribution in [-0.2, 0) is 11.3 Å². The summed E-state index contributed by atoms with van der Waals surface area (Å²) in [6, 6.07) is 15.3. The van der Waals surface area contributed by atoms with Crippen molar-refractivity contribution in [2.75, 3.05) is 7.11 Å². The fourth-order valence-electron chi connectivity index (χ4n) is 2.94. The maximum absolute atomic E-state index is 13.8. The van der Waals surface area contributed by atoms with Gasteiger partial charge in [0.2, 0.25) is 0 Å². The van der Waals surface area contributed by atoms with Gasteiger partial charge >= 0.3 is 0 Å². The molecule has 0 amide bonds. The number of ether oxygens (including phenoxy) is 1. The molecule has 0 saturated carbocycles. The summed E-state index contributed by atoms with van der Waals surface area (Å²) in [5.74, 6) is 5.08. The molecule has 3 aromatic carbocycles. The van der Waals surface area contributed by atoms with Gasteiger partial charge in [0.1, 0.15) is 0 Å². The summed E-state index contributed by atoms with van der Waals surface area (Å²) in [5.41, 5.74) is 3.36.